The van der Waals surface area contributed by atoms with E-state index in [0.717, 1.165) is 75.8 Å². The molecule has 1 saturated heterocycles. The molecule has 5 nitrogen and oxygen atoms in total. The van der Waals surface area contributed by atoms with Crippen LogP contribution in [0.2, 0.25) is 0 Å². The Morgan fingerprint density at radius 2 is 1.66 bits per heavy atom. The highest BCUT2D eigenvalue weighted by Gasteiger charge is 2.57. The number of hydrogen-bond acceptors (Lipinski definition) is 4. The van der Waals surface area contributed by atoms with E-state index in [9.17, 15) is 5.11 Å². The van der Waals surface area contributed by atoms with Crippen LogP contribution in [0.25, 0.3) is 0 Å². The number of benzene rings is 1. The van der Waals surface area contributed by atoms with E-state index in [0.29, 0.717) is 5.92 Å². The minimum atomic E-state index is -0.518. The molecule has 2 aromatic rings. The Balaban J connectivity index is 1.63. The van der Waals surface area contributed by atoms with Crippen molar-refractivity contribution in [1.82, 2.24) is 0 Å². The smallest absolute Gasteiger partial charge is 0.244 e. The van der Waals surface area contributed by atoms with Crippen LogP contribution in [0.15, 0.2) is 24.3 Å². The molecule has 4 aliphatic rings. The molecule has 2 aliphatic carbocycles. The quantitative estimate of drug-likeness (QED) is 0.496. The number of rotatable bonds is 3. The number of nitrogens with zero attached hydrogens (tertiary/aromatic N) is 1. The molecule has 0 bridgehead atoms. The Kier molecular flexibility index (Phi) is 6.44. The van der Waals surface area contributed by atoms with Gasteiger partial charge in [-0.25, -0.2) is 0 Å². The lowest BCUT2D eigenvalue weighted by Gasteiger charge is -2.36. The molecule has 2 aliphatic heterocycles. The second kappa shape index (κ2) is 9.31. The van der Waals surface area contributed by atoms with Gasteiger partial charge in [0, 0.05) is 29.9 Å². The van der Waals surface area contributed by atoms with Gasteiger partial charge in [-0.05, 0) is 54.1 Å². The molecule has 1 N–H and O–H groups in total. The van der Waals surface area contributed by atoms with Crippen molar-refractivity contribution in [2.24, 2.45) is 5.41 Å². The number of aliphatic hydroxyl groups is 1. The molecule has 2 atom stereocenters. The van der Waals surface area contributed by atoms with Crippen molar-refractivity contribution < 1.29 is 24.1 Å². The summed E-state index contributed by atoms with van der Waals surface area (Å²) in [6.07, 6.45) is 7.28. The SMILES string of the molecule is CO[n+]1c2c(c3c(c1C1CCOCC1)C(c1ccc(C(C)(C)C)cc1)OC31CCCC1)C(O)CC(C)(C)C2. The summed E-state index contributed by atoms with van der Waals surface area (Å²) in [6, 6.07) is 9.08. The number of ether oxygens (including phenoxy) is 2. The molecular formula is C33H46NO4+. The number of hydrogen-bond donors (Lipinski definition) is 1. The first kappa shape index (κ1) is 26.3. The van der Waals surface area contributed by atoms with Gasteiger partial charge in [-0.15, -0.1) is 0 Å². The molecule has 1 aromatic carbocycles. The van der Waals surface area contributed by atoms with Crippen molar-refractivity contribution in [3.63, 3.8) is 0 Å². The molecule has 2 unspecified atom stereocenters. The Bertz CT molecular complexity index is 1200. The van der Waals surface area contributed by atoms with Crippen LogP contribution in [-0.2, 0) is 26.9 Å². The number of fused-ring (bicyclic) bond motifs is 4. The third-order valence-corrected chi connectivity index (χ3v) is 9.66. The molecule has 1 spiro atoms. The van der Waals surface area contributed by atoms with E-state index in [-0.39, 0.29) is 22.5 Å². The molecule has 0 radical (unpaired) electrons. The van der Waals surface area contributed by atoms with Crippen LogP contribution in [-0.4, -0.2) is 25.4 Å². The average molecular weight is 521 g/mol. The van der Waals surface area contributed by atoms with Crippen LogP contribution >= 0.6 is 0 Å². The van der Waals surface area contributed by atoms with Gasteiger partial charge in [0.25, 0.3) is 0 Å². The third-order valence-electron chi connectivity index (χ3n) is 9.66. The molecule has 1 saturated carbocycles. The Morgan fingerprint density at radius 3 is 2.26 bits per heavy atom. The van der Waals surface area contributed by atoms with Gasteiger partial charge in [-0.2, -0.15) is 0 Å². The summed E-state index contributed by atoms with van der Waals surface area (Å²) >= 11 is 0. The van der Waals surface area contributed by atoms with Crippen molar-refractivity contribution in [2.75, 3.05) is 20.3 Å². The average Bonchev–Trinajstić information content (AvgIpc) is 3.47. The van der Waals surface area contributed by atoms with E-state index in [1.807, 2.05) is 0 Å². The maximum absolute atomic E-state index is 11.8. The molecule has 38 heavy (non-hydrogen) atoms. The van der Waals surface area contributed by atoms with Crippen LogP contribution < -0.4 is 9.57 Å². The lowest BCUT2D eigenvalue weighted by molar-refractivity contribution is -0.897. The molecular weight excluding hydrogens is 474 g/mol. The largest absolute Gasteiger partial charge is 0.388 e. The second-order valence-electron chi connectivity index (χ2n) is 14.0. The molecule has 3 heterocycles. The molecule has 206 valence electrons. The summed E-state index contributed by atoms with van der Waals surface area (Å²) < 4.78 is 15.2. The van der Waals surface area contributed by atoms with E-state index < -0.39 is 6.10 Å². The van der Waals surface area contributed by atoms with Gasteiger partial charge in [-0.1, -0.05) is 71.7 Å². The Labute approximate surface area is 228 Å². The van der Waals surface area contributed by atoms with E-state index in [1.165, 1.54) is 27.9 Å². The normalized spacial score (nSPS) is 26.4. The highest BCUT2D eigenvalue weighted by Crippen LogP contribution is 2.59. The Morgan fingerprint density at radius 1 is 1.00 bits per heavy atom. The minimum Gasteiger partial charge on any atom is -0.388 e. The number of pyridine rings is 1. The minimum absolute atomic E-state index is 0.00162. The van der Waals surface area contributed by atoms with Gasteiger partial charge in [0.1, 0.15) is 13.2 Å². The topological polar surface area (TPSA) is 51.8 Å². The fourth-order valence-electron chi connectivity index (χ4n) is 7.83. The second-order valence-corrected chi connectivity index (χ2v) is 14.0. The highest BCUT2D eigenvalue weighted by molar-refractivity contribution is 5.53. The van der Waals surface area contributed by atoms with Crippen molar-refractivity contribution in [3.8, 4) is 0 Å². The van der Waals surface area contributed by atoms with Crippen molar-refractivity contribution in [3.05, 3.63) is 63.5 Å². The predicted molar refractivity (Wildman–Crippen MR) is 147 cm³/mol. The molecule has 1 aromatic heterocycles. The van der Waals surface area contributed by atoms with E-state index in [1.54, 1.807) is 7.11 Å². The van der Waals surface area contributed by atoms with E-state index in [2.05, 4.69) is 63.6 Å². The van der Waals surface area contributed by atoms with Crippen LogP contribution in [0.4, 0.5) is 0 Å². The molecule has 2 fully saturated rings. The maximum atomic E-state index is 11.8. The fraction of sp³-hybridized carbons (Fsp3) is 0.667. The van der Waals surface area contributed by atoms with Crippen LogP contribution in [0, 0.1) is 5.41 Å². The first-order valence-corrected chi connectivity index (χ1v) is 14.8. The van der Waals surface area contributed by atoms with Gasteiger partial charge in [-0.3, -0.25) is 4.84 Å². The summed E-state index contributed by atoms with van der Waals surface area (Å²) in [6.45, 7) is 12.9. The zero-order valence-corrected chi connectivity index (χ0v) is 24.2. The van der Waals surface area contributed by atoms with Crippen LogP contribution in [0.1, 0.15) is 137 Å². The summed E-state index contributed by atoms with van der Waals surface area (Å²) in [5, 5.41) is 11.8. The number of aromatic nitrogens is 1. The first-order chi connectivity index (χ1) is 18.0. The van der Waals surface area contributed by atoms with Crippen molar-refractivity contribution >= 4 is 0 Å². The van der Waals surface area contributed by atoms with Gasteiger partial charge in [0.05, 0.1) is 28.7 Å². The highest BCUT2D eigenvalue weighted by atomic mass is 16.6. The van der Waals surface area contributed by atoms with Crippen molar-refractivity contribution in [1.29, 1.82) is 0 Å². The van der Waals surface area contributed by atoms with E-state index >= 15 is 0 Å². The standard InChI is InChI=1S/C33H46NO4/c1-31(2,3)23-11-9-22(10-12-23)30-27-28(33(38-30)15-7-8-16-33)26-24(19-32(4,5)20-25(26)35)34(36-6)29(27)21-13-17-37-18-14-21/h9-12,21,25,30,35H,7-8,13-20H2,1-6H3/q+1. The summed E-state index contributed by atoms with van der Waals surface area (Å²) in [7, 11) is 1.79. The number of aliphatic hydroxyl groups excluding tert-OH is 1. The van der Waals surface area contributed by atoms with Gasteiger partial charge in [0.2, 0.25) is 11.4 Å². The summed E-state index contributed by atoms with van der Waals surface area (Å²) in [5.41, 5.74) is 8.35. The fourth-order valence-corrected chi connectivity index (χ4v) is 7.83. The summed E-state index contributed by atoms with van der Waals surface area (Å²) in [5.74, 6) is 0.335. The lowest BCUT2D eigenvalue weighted by Crippen LogP contribution is -2.54. The van der Waals surface area contributed by atoms with E-state index in [4.69, 9.17) is 14.3 Å². The lowest BCUT2D eigenvalue weighted by atomic mass is 9.70. The first-order valence-electron chi connectivity index (χ1n) is 14.8. The zero-order chi connectivity index (χ0) is 26.9. The summed E-state index contributed by atoms with van der Waals surface area (Å²) in [4.78, 5) is 6.27. The van der Waals surface area contributed by atoms with Crippen molar-refractivity contribution in [2.45, 2.75) is 115 Å². The molecule has 0 amide bonds. The maximum Gasteiger partial charge on any atom is 0.244 e. The van der Waals surface area contributed by atoms with Crippen LogP contribution in [0.3, 0.4) is 0 Å². The predicted octanol–water partition coefficient (Wildman–Crippen LogP) is 6.12. The third kappa shape index (κ3) is 4.20. The monoisotopic (exact) mass is 520 g/mol. The van der Waals surface area contributed by atoms with Crippen LogP contribution in [0.5, 0.6) is 0 Å². The van der Waals surface area contributed by atoms with Gasteiger partial charge in [0.15, 0.2) is 0 Å². The van der Waals surface area contributed by atoms with Gasteiger partial charge >= 0.3 is 0 Å². The zero-order valence-electron chi connectivity index (χ0n) is 24.2. The molecule has 6 rings (SSSR count). The molecule has 5 heteroatoms. The van der Waals surface area contributed by atoms with Gasteiger partial charge < -0.3 is 14.6 Å². The Hall–Kier alpha value is -1.95.